The van der Waals surface area contributed by atoms with Gasteiger partial charge in [0.25, 0.3) is 5.91 Å². The van der Waals surface area contributed by atoms with Crippen LogP contribution in [0.1, 0.15) is 21.1 Å². The van der Waals surface area contributed by atoms with E-state index in [1.165, 1.54) is 0 Å². The molecule has 0 saturated carbocycles. The molecule has 2 aromatic rings. The minimum Gasteiger partial charge on any atom is -0.370 e. The van der Waals surface area contributed by atoms with Crippen molar-refractivity contribution in [1.29, 1.82) is 0 Å². The summed E-state index contributed by atoms with van der Waals surface area (Å²) in [6.45, 7) is 0.481. The first-order valence-corrected chi connectivity index (χ1v) is 9.26. The number of aryl methyl sites for hydroxylation is 1. The first-order chi connectivity index (χ1) is 11.8. The standard InChI is InChI=1S/C16H17F3N2O2S2/c1-11-21-13(8-24-11)9-25-14-4-2-12(3-5-14)15(22)20-6-7-23-10-16(17,18)19/h2-5,8H,6-7,9-10H2,1H3,(H,20,22). The SMILES string of the molecule is Cc1nc(CSc2ccc(C(=O)NCCOCC(F)(F)F)cc2)cs1. The fraction of sp³-hybridized carbons (Fsp3) is 0.375. The summed E-state index contributed by atoms with van der Waals surface area (Å²) in [5.74, 6) is 0.411. The summed E-state index contributed by atoms with van der Waals surface area (Å²) in [6, 6.07) is 7.03. The number of nitrogens with one attached hydrogen (secondary N) is 1. The Hall–Kier alpha value is -1.58. The first kappa shape index (κ1) is 19.7. The Morgan fingerprint density at radius 3 is 2.64 bits per heavy atom. The molecular weight excluding hydrogens is 373 g/mol. The van der Waals surface area contributed by atoms with Crippen molar-refractivity contribution in [2.45, 2.75) is 23.7 Å². The van der Waals surface area contributed by atoms with Gasteiger partial charge in [-0.3, -0.25) is 4.79 Å². The minimum absolute atomic E-state index is 0.0224. The van der Waals surface area contributed by atoms with E-state index in [1.54, 1.807) is 35.2 Å². The predicted octanol–water partition coefficient (Wildman–Crippen LogP) is 4.05. The van der Waals surface area contributed by atoms with Crippen molar-refractivity contribution in [3.8, 4) is 0 Å². The van der Waals surface area contributed by atoms with Gasteiger partial charge in [0.15, 0.2) is 0 Å². The van der Waals surface area contributed by atoms with Crippen LogP contribution in [-0.4, -0.2) is 36.8 Å². The van der Waals surface area contributed by atoms with Crippen molar-refractivity contribution in [2.24, 2.45) is 0 Å². The Morgan fingerprint density at radius 2 is 2.04 bits per heavy atom. The average Bonchev–Trinajstić information content (AvgIpc) is 2.97. The number of hydrogen-bond acceptors (Lipinski definition) is 5. The third-order valence-electron chi connectivity index (χ3n) is 2.97. The van der Waals surface area contributed by atoms with Crippen LogP contribution in [0.3, 0.4) is 0 Å². The van der Waals surface area contributed by atoms with Crippen molar-refractivity contribution in [3.63, 3.8) is 0 Å². The van der Waals surface area contributed by atoms with Crippen LogP contribution in [0, 0.1) is 6.92 Å². The molecule has 136 valence electrons. The molecule has 1 aromatic carbocycles. The van der Waals surface area contributed by atoms with Gasteiger partial charge < -0.3 is 10.1 Å². The molecule has 0 aliphatic carbocycles. The lowest BCUT2D eigenvalue weighted by Crippen LogP contribution is -2.28. The molecule has 25 heavy (non-hydrogen) atoms. The summed E-state index contributed by atoms with van der Waals surface area (Å²) < 4.78 is 40.1. The second kappa shape index (κ2) is 9.21. The van der Waals surface area contributed by atoms with Gasteiger partial charge in [-0.2, -0.15) is 13.2 Å². The molecule has 0 bridgehead atoms. The molecule has 4 nitrogen and oxygen atoms in total. The molecule has 1 N–H and O–H groups in total. The Kier molecular flexibility index (Phi) is 7.27. The molecule has 0 unspecified atom stereocenters. The number of hydrogen-bond donors (Lipinski definition) is 1. The molecule has 0 spiro atoms. The Labute approximate surface area is 151 Å². The van der Waals surface area contributed by atoms with E-state index in [0.29, 0.717) is 5.56 Å². The lowest BCUT2D eigenvalue weighted by molar-refractivity contribution is -0.173. The lowest BCUT2D eigenvalue weighted by atomic mass is 10.2. The van der Waals surface area contributed by atoms with Crippen LogP contribution < -0.4 is 5.32 Å². The van der Waals surface area contributed by atoms with Crippen molar-refractivity contribution < 1.29 is 22.7 Å². The van der Waals surface area contributed by atoms with E-state index in [1.807, 2.05) is 24.4 Å². The van der Waals surface area contributed by atoms with E-state index in [0.717, 1.165) is 21.3 Å². The topological polar surface area (TPSA) is 51.2 Å². The normalized spacial score (nSPS) is 11.5. The van der Waals surface area contributed by atoms with E-state index in [4.69, 9.17) is 0 Å². The van der Waals surface area contributed by atoms with Crippen LogP contribution in [-0.2, 0) is 10.5 Å². The fourth-order valence-electron chi connectivity index (χ4n) is 1.86. The van der Waals surface area contributed by atoms with Crippen LogP contribution >= 0.6 is 23.1 Å². The summed E-state index contributed by atoms with van der Waals surface area (Å²) in [7, 11) is 0. The molecule has 0 fully saturated rings. The second-order valence-corrected chi connectivity index (χ2v) is 7.21. The maximum absolute atomic E-state index is 11.9. The number of ether oxygens (including phenoxy) is 1. The molecule has 0 radical (unpaired) electrons. The van der Waals surface area contributed by atoms with Gasteiger partial charge in [-0.25, -0.2) is 4.98 Å². The van der Waals surface area contributed by atoms with Crippen molar-refractivity contribution >= 4 is 29.0 Å². The molecule has 9 heteroatoms. The summed E-state index contributed by atoms with van der Waals surface area (Å²) in [5.41, 5.74) is 1.47. The number of amides is 1. The summed E-state index contributed by atoms with van der Waals surface area (Å²) >= 11 is 3.23. The monoisotopic (exact) mass is 390 g/mol. The highest BCUT2D eigenvalue weighted by atomic mass is 32.2. The highest BCUT2D eigenvalue weighted by molar-refractivity contribution is 7.98. The van der Waals surface area contributed by atoms with Gasteiger partial charge in [0.2, 0.25) is 0 Å². The van der Waals surface area contributed by atoms with Crippen LogP contribution in [0.15, 0.2) is 34.5 Å². The fourth-order valence-corrected chi connectivity index (χ4v) is 3.37. The number of alkyl halides is 3. The number of aromatic nitrogens is 1. The van der Waals surface area contributed by atoms with Gasteiger partial charge in [-0.15, -0.1) is 23.1 Å². The number of nitrogens with zero attached hydrogens (tertiary/aromatic N) is 1. The van der Waals surface area contributed by atoms with E-state index in [2.05, 4.69) is 15.0 Å². The third-order valence-corrected chi connectivity index (χ3v) is 4.84. The third kappa shape index (κ3) is 7.45. The number of thioether (sulfide) groups is 1. The molecule has 2 rings (SSSR count). The van der Waals surface area contributed by atoms with Gasteiger partial charge in [-0.05, 0) is 31.2 Å². The largest absolute Gasteiger partial charge is 0.411 e. The molecule has 0 aliphatic heterocycles. The second-order valence-electron chi connectivity index (χ2n) is 5.09. The molecule has 0 atom stereocenters. The number of thiazole rings is 1. The van der Waals surface area contributed by atoms with Crippen molar-refractivity contribution in [2.75, 3.05) is 19.8 Å². The maximum Gasteiger partial charge on any atom is 0.411 e. The van der Waals surface area contributed by atoms with E-state index in [-0.39, 0.29) is 19.1 Å². The van der Waals surface area contributed by atoms with Gasteiger partial charge in [0.05, 0.1) is 17.3 Å². The van der Waals surface area contributed by atoms with Gasteiger partial charge in [-0.1, -0.05) is 0 Å². The first-order valence-electron chi connectivity index (χ1n) is 7.40. The quantitative estimate of drug-likeness (QED) is 0.546. The smallest absolute Gasteiger partial charge is 0.370 e. The number of rotatable bonds is 8. The van der Waals surface area contributed by atoms with E-state index in [9.17, 15) is 18.0 Å². The van der Waals surface area contributed by atoms with Gasteiger partial charge in [0, 0.05) is 28.1 Å². The molecule has 0 aliphatic rings. The van der Waals surface area contributed by atoms with Crippen molar-refractivity contribution in [1.82, 2.24) is 10.3 Å². The number of carbonyl (C=O) groups excluding carboxylic acids is 1. The lowest BCUT2D eigenvalue weighted by Gasteiger charge is -2.09. The van der Waals surface area contributed by atoms with Crippen LogP contribution in [0.2, 0.25) is 0 Å². The number of carbonyl (C=O) groups is 1. The summed E-state index contributed by atoms with van der Waals surface area (Å²) in [4.78, 5) is 17.3. The molecule has 1 amide bonds. The number of halogens is 3. The summed E-state index contributed by atoms with van der Waals surface area (Å²) in [6.07, 6.45) is -4.35. The van der Waals surface area contributed by atoms with E-state index < -0.39 is 12.8 Å². The Balaban J connectivity index is 1.72. The molecule has 1 aromatic heterocycles. The number of benzene rings is 1. The summed E-state index contributed by atoms with van der Waals surface area (Å²) in [5, 5.41) is 5.57. The minimum atomic E-state index is -4.35. The Morgan fingerprint density at radius 1 is 1.32 bits per heavy atom. The molecule has 0 saturated heterocycles. The molecular formula is C16H17F3N2O2S2. The zero-order valence-electron chi connectivity index (χ0n) is 13.4. The van der Waals surface area contributed by atoms with E-state index >= 15 is 0 Å². The van der Waals surface area contributed by atoms with Crippen LogP contribution in [0.4, 0.5) is 13.2 Å². The zero-order valence-corrected chi connectivity index (χ0v) is 15.1. The Bertz CT molecular complexity index is 687. The van der Waals surface area contributed by atoms with Crippen molar-refractivity contribution in [3.05, 3.63) is 45.9 Å². The molecule has 1 heterocycles. The van der Waals surface area contributed by atoms with Gasteiger partial charge in [0.1, 0.15) is 6.61 Å². The highest BCUT2D eigenvalue weighted by Gasteiger charge is 2.27. The zero-order chi connectivity index (χ0) is 18.3. The van der Waals surface area contributed by atoms with Crippen LogP contribution in [0.25, 0.3) is 0 Å². The maximum atomic E-state index is 11.9. The predicted molar refractivity (Wildman–Crippen MR) is 92.1 cm³/mol. The highest BCUT2D eigenvalue weighted by Crippen LogP contribution is 2.23. The van der Waals surface area contributed by atoms with Gasteiger partial charge >= 0.3 is 6.18 Å². The van der Waals surface area contributed by atoms with Crippen LogP contribution in [0.5, 0.6) is 0 Å². The average molecular weight is 390 g/mol.